The van der Waals surface area contributed by atoms with Crippen LogP contribution in [0, 0.1) is 18.8 Å². The topological polar surface area (TPSA) is 74.3 Å². The summed E-state index contributed by atoms with van der Waals surface area (Å²) in [4.78, 5) is 11.5. The molecular formula is C14H14F3IO4S. The van der Waals surface area contributed by atoms with Crippen molar-refractivity contribution in [2.45, 2.75) is 26.3 Å². The predicted octanol–water partition coefficient (Wildman–Crippen LogP) is -0.427. The third kappa shape index (κ3) is 9.58. The standard InChI is InChI=1S/C13H14IO.CHF3O3S/c1-13(2,3)12(15)9-10-14-11-7-5-4-6-8-11;2-1(3,4)8(5,6)7/h4-8H,1-3H3;(H,5,6,7)/q+1;/p-1. The van der Waals surface area contributed by atoms with Crippen LogP contribution < -0.4 is 21.2 Å². The van der Waals surface area contributed by atoms with Crippen molar-refractivity contribution < 1.29 is 52.1 Å². The number of hydrogen-bond acceptors (Lipinski definition) is 4. The Balaban J connectivity index is 0.000000515. The molecule has 0 aliphatic rings. The zero-order valence-corrected chi connectivity index (χ0v) is 15.4. The molecule has 0 aliphatic carbocycles. The van der Waals surface area contributed by atoms with Gasteiger partial charge in [0.05, 0.1) is 0 Å². The summed E-state index contributed by atoms with van der Waals surface area (Å²) in [6.45, 7) is 5.68. The van der Waals surface area contributed by atoms with Crippen molar-refractivity contribution in [1.29, 1.82) is 0 Å². The Labute approximate surface area is 143 Å². The van der Waals surface area contributed by atoms with Gasteiger partial charge in [-0.2, -0.15) is 13.2 Å². The van der Waals surface area contributed by atoms with Crippen LogP contribution in [0.15, 0.2) is 30.3 Å². The minimum Gasteiger partial charge on any atom is -0.741 e. The van der Waals surface area contributed by atoms with Crippen LogP contribution >= 0.6 is 0 Å². The van der Waals surface area contributed by atoms with Gasteiger partial charge in [0.15, 0.2) is 14.0 Å². The first-order chi connectivity index (χ1) is 10.2. The van der Waals surface area contributed by atoms with Gasteiger partial charge >= 0.3 is 26.7 Å². The van der Waals surface area contributed by atoms with Crippen molar-refractivity contribution in [1.82, 2.24) is 0 Å². The van der Waals surface area contributed by atoms with Gasteiger partial charge < -0.3 is 4.55 Å². The summed E-state index contributed by atoms with van der Waals surface area (Å²) in [5, 5.41) is 0. The van der Waals surface area contributed by atoms with Crippen LogP contribution in [0.2, 0.25) is 0 Å². The van der Waals surface area contributed by atoms with E-state index in [0.29, 0.717) is 0 Å². The van der Waals surface area contributed by atoms with E-state index in [0.717, 1.165) is 0 Å². The second-order valence-corrected chi connectivity index (χ2v) is 8.78. The summed E-state index contributed by atoms with van der Waals surface area (Å²) in [5.74, 6) is 2.76. The van der Waals surface area contributed by atoms with Gasteiger partial charge in [-0.05, 0) is 12.1 Å². The van der Waals surface area contributed by atoms with Crippen molar-refractivity contribution in [2.24, 2.45) is 5.41 Å². The number of benzene rings is 1. The Kier molecular flexibility index (Phi) is 8.23. The van der Waals surface area contributed by atoms with Crippen LogP contribution in [-0.2, 0) is 14.9 Å². The van der Waals surface area contributed by atoms with Crippen LogP contribution in [0.5, 0.6) is 0 Å². The van der Waals surface area contributed by atoms with Gasteiger partial charge in [0.25, 0.3) is 0 Å². The molecule has 0 radical (unpaired) electrons. The zero-order valence-electron chi connectivity index (χ0n) is 12.4. The molecule has 0 spiro atoms. The van der Waals surface area contributed by atoms with E-state index in [1.807, 2.05) is 39.0 Å². The summed E-state index contributed by atoms with van der Waals surface area (Å²) < 4.78 is 63.2. The maximum absolute atomic E-state index is 11.5. The monoisotopic (exact) mass is 462 g/mol. The maximum Gasteiger partial charge on any atom is 0.485 e. The van der Waals surface area contributed by atoms with Crippen molar-refractivity contribution in [3.05, 3.63) is 33.9 Å². The molecule has 4 nitrogen and oxygen atoms in total. The number of hydrogen-bond donors (Lipinski definition) is 0. The van der Waals surface area contributed by atoms with Crippen molar-refractivity contribution >= 4 is 15.9 Å². The number of Topliss-reactive ketones (excluding diaryl/α,β-unsaturated/α-hetero) is 1. The summed E-state index contributed by atoms with van der Waals surface area (Å²) in [7, 11) is -6.09. The fraction of sp³-hybridized carbons (Fsp3) is 0.357. The van der Waals surface area contributed by atoms with E-state index in [1.54, 1.807) is 0 Å². The van der Waals surface area contributed by atoms with Crippen LogP contribution in [0.1, 0.15) is 20.8 Å². The Bertz CT molecular complexity index is 681. The van der Waals surface area contributed by atoms with Gasteiger partial charge in [0.2, 0.25) is 9.35 Å². The molecule has 0 N–H and O–H groups in total. The van der Waals surface area contributed by atoms with Gasteiger partial charge in [-0.3, -0.25) is 4.79 Å². The van der Waals surface area contributed by atoms with Crippen molar-refractivity contribution in [3.63, 3.8) is 0 Å². The molecule has 0 unspecified atom stereocenters. The average Bonchev–Trinajstić information content (AvgIpc) is 2.37. The first kappa shape index (κ1) is 21.9. The summed E-state index contributed by atoms with van der Waals surface area (Å²) >= 11 is -0.337. The van der Waals surface area contributed by atoms with Crippen LogP contribution in [0.25, 0.3) is 0 Å². The van der Waals surface area contributed by atoms with Crippen LogP contribution in [-0.4, -0.2) is 24.3 Å². The van der Waals surface area contributed by atoms with E-state index in [1.165, 1.54) is 3.57 Å². The number of alkyl halides is 3. The Morgan fingerprint density at radius 2 is 1.57 bits per heavy atom. The molecule has 128 valence electrons. The van der Waals surface area contributed by atoms with Gasteiger partial charge in [-0.1, -0.05) is 39.0 Å². The number of ketones is 1. The lowest BCUT2D eigenvalue weighted by Crippen LogP contribution is -3.59. The molecule has 1 aromatic rings. The molecule has 23 heavy (non-hydrogen) atoms. The minimum absolute atomic E-state index is 0.0260. The largest absolute Gasteiger partial charge is 0.741 e. The lowest BCUT2D eigenvalue weighted by atomic mass is 9.92. The smallest absolute Gasteiger partial charge is 0.485 e. The van der Waals surface area contributed by atoms with Crippen LogP contribution in [0.4, 0.5) is 13.2 Å². The lowest BCUT2D eigenvalue weighted by molar-refractivity contribution is -0.535. The van der Waals surface area contributed by atoms with E-state index in [2.05, 4.69) is 22.0 Å². The van der Waals surface area contributed by atoms with Gasteiger partial charge in [-0.15, -0.1) is 0 Å². The maximum atomic E-state index is 11.5. The lowest BCUT2D eigenvalue weighted by Gasteiger charge is -2.09. The second-order valence-electron chi connectivity index (χ2n) is 5.09. The third-order valence-corrected chi connectivity index (χ3v) is 4.46. The molecule has 0 bridgehead atoms. The number of carbonyl (C=O) groups excluding carboxylic acids is 1. The first-order valence-electron chi connectivity index (χ1n) is 6.01. The molecule has 9 heteroatoms. The first-order valence-corrected chi connectivity index (χ1v) is 9.58. The normalized spacial score (nSPS) is 11.6. The van der Waals surface area contributed by atoms with Gasteiger partial charge in [0, 0.05) is 11.3 Å². The quantitative estimate of drug-likeness (QED) is 0.246. The molecule has 0 amide bonds. The molecule has 1 aromatic carbocycles. The van der Waals surface area contributed by atoms with E-state index >= 15 is 0 Å². The molecule has 0 aliphatic heterocycles. The third-order valence-electron chi connectivity index (χ3n) is 2.01. The van der Waals surface area contributed by atoms with Gasteiger partial charge in [-0.25, -0.2) is 8.42 Å². The molecule has 1 rings (SSSR count). The fourth-order valence-corrected chi connectivity index (χ4v) is 2.25. The molecule has 0 saturated heterocycles. The highest BCUT2D eigenvalue weighted by Gasteiger charge is 2.36. The highest BCUT2D eigenvalue weighted by Crippen LogP contribution is 2.20. The van der Waals surface area contributed by atoms with E-state index in [9.17, 15) is 18.0 Å². The van der Waals surface area contributed by atoms with Crippen molar-refractivity contribution in [3.8, 4) is 9.85 Å². The van der Waals surface area contributed by atoms with Crippen LogP contribution in [0.3, 0.4) is 0 Å². The molecule has 0 heterocycles. The molecule has 0 saturated carbocycles. The fourth-order valence-electron chi connectivity index (χ4n) is 0.786. The molecule has 0 aromatic heterocycles. The van der Waals surface area contributed by atoms with Gasteiger partial charge in [0.1, 0.15) is 0 Å². The molecule has 0 atom stereocenters. The predicted molar refractivity (Wildman–Crippen MR) is 73.1 cm³/mol. The Hall–Kier alpha value is -1.12. The van der Waals surface area contributed by atoms with Crippen molar-refractivity contribution in [2.75, 3.05) is 0 Å². The van der Waals surface area contributed by atoms with E-state index in [4.69, 9.17) is 13.0 Å². The molecule has 0 fully saturated rings. The Morgan fingerprint density at radius 3 is 1.91 bits per heavy atom. The number of rotatable bonds is 1. The highest BCUT2D eigenvalue weighted by molar-refractivity contribution is 7.86. The van der Waals surface area contributed by atoms with E-state index < -0.39 is 15.6 Å². The molecular weight excluding hydrogens is 448 g/mol. The Morgan fingerprint density at radius 1 is 1.13 bits per heavy atom. The number of halogens is 4. The zero-order chi connectivity index (χ0) is 18.3. The number of carbonyl (C=O) groups is 1. The SMILES string of the molecule is CC(C)(C)C(=O)C#C[I+]c1ccccc1.O=S(=O)([O-])C(F)(F)F. The second kappa shape index (κ2) is 8.65. The van der Waals surface area contributed by atoms with E-state index in [-0.39, 0.29) is 32.4 Å². The highest BCUT2D eigenvalue weighted by atomic mass is 127. The average molecular weight is 462 g/mol. The summed E-state index contributed by atoms with van der Waals surface area (Å²) in [6.07, 6.45) is 0. The summed E-state index contributed by atoms with van der Waals surface area (Å²) in [5.41, 5.74) is -5.99. The minimum atomic E-state index is -6.09. The summed E-state index contributed by atoms with van der Waals surface area (Å²) in [6, 6.07) is 10.1.